The minimum Gasteiger partial charge on any atom is -0.489 e. The number of ether oxygens (including phenoxy) is 2. The summed E-state index contributed by atoms with van der Waals surface area (Å²) in [4.78, 5) is 13.4. The van der Waals surface area contributed by atoms with Crippen molar-refractivity contribution in [3.8, 4) is 22.9 Å². The van der Waals surface area contributed by atoms with Gasteiger partial charge in [-0.3, -0.25) is 4.79 Å². The molecule has 34 heavy (non-hydrogen) atoms. The van der Waals surface area contributed by atoms with Crippen molar-refractivity contribution in [2.45, 2.75) is 32.3 Å². The van der Waals surface area contributed by atoms with E-state index in [1.807, 2.05) is 73.7 Å². The van der Waals surface area contributed by atoms with Gasteiger partial charge in [0.2, 0.25) is 0 Å². The lowest BCUT2D eigenvalue weighted by Crippen LogP contribution is -2.26. The SMILES string of the molecule is Cc1ccc(-c2nn(-c3ccccc3)cc2C(=O)Nc2ccccc2OCC2CCCCO2)o1. The van der Waals surface area contributed by atoms with E-state index >= 15 is 0 Å². The minimum atomic E-state index is -0.295. The molecule has 3 heterocycles. The smallest absolute Gasteiger partial charge is 0.259 e. The van der Waals surface area contributed by atoms with E-state index in [-0.39, 0.29) is 12.0 Å². The first-order chi connectivity index (χ1) is 16.7. The van der Waals surface area contributed by atoms with Gasteiger partial charge >= 0.3 is 0 Å². The van der Waals surface area contributed by atoms with E-state index in [9.17, 15) is 4.79 Å². The van der Waals surface area contributed by atoms with Crippen molar-refractivity contribution in [2.75, 3.05) is 18.5 Å². The van der Waals surface area contributed by atoms with Gasteiger partial charge in [0.25, 0.3) is 5.91 Å². The number of rotatable bonds is 7. The fraction of sp³-hybridized carbons (Fsp3) is 0.259. The monoisotopic (exact) mass is 457 g/mol. The molecule has 0 bridgehead atoms. The Morgan fingerprint density at radius 2 is 1.91 bits per heavy atom. The molecule has 1 amide bonds. The fourth-order valence-corrected chi connectivity index (χ4v) is 4.00. The number of carbonyl (C=O) groups excluding carboxylic acids is 1. The first-order valence-corrected chi connectivity index (χ1v) is 11.5. The third-order valence-corrected chi connectivity index (χ3v) is 5.79. The van der Waals surface area contributed by atoms with Crippen molar-refractivity contribution in [1.82, 2.24) is 9.78 Å². The molecule has 0 aliphatic carbocycles. The molecule has 1 aliphatic rings. The predicted octanol–water partition coefficient (Wildman–Crippen LogP) is 5.64. The normalized spacial score (nSPS) is 15.7. The zero-order valence-corrected chi connectivity index (χ0v) is 19.1. The van der Waals surface area contributed by atoms with Crippen LogP contribution in [0, 0.1) is 6.92 Å². The summed E-state index contributed by atoms with van der Waals surface area (Å²) in [7, 11) is 0. The predicted molar refractivity (Wildman–Crippen MR) is 129 cm³/mol. The van der Waals surface area contributed by atoms with Gasteiger partial charge in [0.05, 0.1) is 23.0 Å². The van der Waals surface area contributed by atoms with Gasteiger partial charge in [-0.25, -0.2) is 4.68 Å². The number of hydrogen-bond donors (Lipinski definition) is 1. The number of amides is 1. The van der Waals surface area contributed by atoms with Crippen molar-refractivity contribution in [1.29, 1.82) is 0 Å². The van der Waals surface area contributed by atoms with Crippen LogP contribution in [-0.4, -0.2) is 35.0 Å². The molecule has 0 saturated carbocycles. The van der Waals surface area contributed by atoms with Crippen LogP contribution in [0.1, 0.15) is 35.4 Å². The fourth-order valence-electron chi connectivity index (χ4n) is 4.00. The molecule has 1 saturated heterocycles. The first kappa shape index (κ1) is 22.0. The Morgan fingerprint density at radius 1 is 1.09 bits per heavy atom. The molecule has 1 atom stereocenters. The van der Waals surface area contributed by atoms with E-state index in [0.717, 1.165) is 37.3 Å². The highest BCUT2D eigenvalue weighted by Crippen LogP contribution is 2.29. The van der Waals surface area contributed by atoms with Crippen LogP contribution in [0.3, 0.4) is 0 Å². The Labute approximate surface area is 198 Å². The van der Waals surface area contributed by atoms with E-state index < -0.39 is 0 Å². The Kier molecular flexibility index (Phi) is 6.44. The lowest BCUT2D eigenvalue weighted by atomic mass is 10.1. The Hall–Kier alpha value is -3.84. The minimum absolute atomic E-state index is 0.0791. The number of furan rings is 1. The van der Waals surface area contributed by atoms with E-state index in [4.69, 9.17) is 13.9 Å². The van der Waals surface area contributed by atoms with Gasteiger partial charge < -0.3 is 19.2 Å². The van der Waals surface area contributed by atoms with Crippen molar-refractivity contribution in [3.05, 3.63) is 84.3 Å². The number of anilines is 1. The number of nitrogens with one attached hydrogen (secondary N) is 1. The molecular formula is C27H27N3O4. The van der Waals surface area contributed by atoms with Gasteiger partial charge in [-0.15, -0.1) is 0 Å². The van der Waals surface area contributed by atoms with E-state index in [1.165, 1.54) is 0 Å². The van der Waals surface area contributed by atoms with Crippen molar-refractivity contribution in [2.24, 2.45) is 0 Å². The Bertz CT molecular complexity index is 1260. The lowest BCUT2D eigenvalue weighted by molar-refractivity contribution is -0.0109. The van der Waals surface area contributed by atoms with Gasteiger partial charge in [0.15, 0.2) is 5.76 Å². The number of benzene rings is 2. The van der Waals surface area contributed by atoms with Crippen LogP contribution in [0.15, 0.2) is 77.3 Å². The third-order valence-electron chi connectivity index (χ3n) is 5.79. The van der Waals surface area contributed by atoms with E-state index in [1.54, 1.807) is 10.9 Å². The maximum absolute atomic E-state index is 13.4. The van der Waals surface area contributed by atoms with Crippen molar-refractivity contribution < 1.29 is 18.7 Å². The summed E-state index contributed by atoms with van der Waals surface area (Å²) < 4.78 is 19.3. The Balaban J connectivity index is 1.41. The number of nitrogens with zero attached hydrogens (tertiary/aromatic N) is 2. The molecule has 1 fully saturated rings. The largest absolute Gasteiger partial charge is 0.489 e. The molecule has 5 rings (SSSR count). The third kappa shape index (κ3) is 4.89. The number of carbonyl (C=O) groups is 1. The second-order valence-corrected chi connectivity index (χ2v) is 8.33. The summed E-state index contributed by atoms with van der Waals surface area (Å²) in [5.74, 6) is 1.60. The molecule has 1 N–H and O–H groups in total. The molecule has 2 aromatic heterocycles. The molecule has 0 radical (unpaired) electrons. The van der Waals surface area contributed by atoms with Crippen LogP contribution in [0.4, 0.5) is 5.69 Å². The maximum Gasteiger partial charge on any atom is 0.259 e. The Morgan fingerprint density at radius 3 is 2.68 bits per heavy atom. The van der Waals surface area contributed by atoms with Gasteiger partial charge in [-0.05, 0) is 62.6 Å². The maximum atomic E-state index is 13.4. The number of aromatic nitrogens is 2. The van der Waals surface area contributed by atoms with Gasteiger partial charge in [0.1, 0.15) is 23.8 Å². The van der Waals surface area contributed by atoms with Crippen LogP contribution in [0.2, 0.25) is 0 Å². The average Bonchev–Trinajstić information content (AvgIpc) is 3.51. The highest BCUT2D eigenvalue weighted by atomic mass is 16.5. The van der Waals surface area contributed by atoms with Crippen molar-refractivity contribution in [3.63, 3.8) is 0 Å². The summed E-state index contributed by atoms with van der Waals surface area (Å²) in [5, 5.41) is 7.66. The number of aryl methyl sites for hydroxylation is 1. The summed E-state index contributed by atoms with van der Waals surface area (Å²) in [6.45, 7) is 3.09. The first-order valence-electron chi connectivity index (χ1n) is 11.5. The molecule has 7 nitrogen and oxygen atoms in total. The average molecular weight is 458 g/mol. The zero-order chi connectivity index (χ0) is 23.3. The van der Waals surface area contributed by atoms with Crippen LogP contribution in [-0.2, 0) is 4.74 Å². The molecule has 2 aromatic carbocycles. The highest BCUT2D eigenvalue weighted by Gasteiger charge is 2.22. The molecule has 174 valence electrons. The molecule has 4 aromatic rings. The summed E-state index contributed by atoms with van der Waals surface area (Å²) in [6.07, 6.45) is 5.02. The number of hydrogen-bond acceptors (Lipinski definition) is 5. The summed E-state index contributed by atoms with van der Waals surface area (Å²) in [6, 6.07) is 20.8. The second-order valence-electron chi connectivity index (χ2n) is 8.33. The number of para-hydroxylation sites is 3. The quantitative estimate of drug-likeness (QED) is 0.388. The van der Waals surface area contributed by atoms with Gasteiger partial charge in [0, 0.05) is 12.8 Å². The van der Waals surface area contributed by atoms with E-state index in [0.29, 0.717) is 35.1 Å². The standard InChI is InChI=1S/C27H27N3O4/c1-19-14-15-25(34-19)26-22(17-30(29-26)20-9-3-2-4-10-20)27(31)28-23-12-5-6-13-24(23)33-18-21-11-7-8-16-32-21/h2-6,9-10,12-15,17,21H,7-8,11,16,18H2,1H3,(H,28,31). The zero-order valence-electron chi connectivity index (χ0n) is 19.1. The molecule has 1 aliphatic heterocycles. The lowest BCUT2D eigenvalue weighted by Gasteiger charge is -2.23. The highest BCUT2D eigenvalue weighted by molar-refractivity contribution is 6.08. The van der Waals surface area contributed by atoms with Crippen LogP contribution in [0.5, 0.6) is 5.75 Å². The van der Waals surface area contributed by atoms with E-state index in [2.05, 4.69) is 10.4 Å². The van der Waals surface area contributed by atoms with Gasteiger partial charge in [-0.1, -0.05) is 30.3 Å². The van der Waals surface area contributed by atoms with Crippen LogP contribution in [0.25, 0.3) is 17.1 Å². The molecule has 1 unspecified atom stereocenters. The topological polar surface area (TPSA) is 78.5 Å². The summed E-state index contributed by atoms with van der Waals surface area (Å²) >= 11 is 0. The molecule has 0 spiro atoms. The van der Waals surface area contributed by atoms with Crippen LogP contribution < -0.4 is 10.1 Å². The van der Waals surface area contributed by atoms with Gasteiger partial charge in [-0.2, -0.15) is 5.10 Å². The second kappa shape index (κ2) is 9.97. The summed E-state index contributed by atoms with van der Waals surface area (Å²) in [5.41, 5.74) is 2.33. The molecule has 7 heteroatoms. The van der Waals surface area contributed by atoms with Crippen LogP contribution >= 0.6 is 0 Å². The molecular weight excluding hydrogens is 430 g/mol. The van der Waals surface area contributed by atoms with Crippen molar-refractivity contribution >= 4 is 11.6 Å².